The van der Waals surface area contributed by atoms with Crippen molar-refractivity contribution in [1.29, 1.82) is 0 Å². The van der Waals surface area contributed by atoms with Crippen LogP contribution in [0.25, 0.3) is 0 Å². The van der Waals surface area contributed by atoms with E-state index in [9.17, 15) is 13.2 Å². The van der Waals surface area contributed by atoms with Gasteiger partial charge in [-0.3, -0.25) is 0 Å². The second kappa shape index (κ2) is 3.37. The summed E-state index contributed by atoms with van der Waals surface area (Å²) < 4.78 is 38.8. The number of allylic oxidation sites excluding steroid dienone is 4. The largest absolute Gasteiger partial charge is 0.239 e. The van der Waals surface area contributed by atoms with Crippen molar-refractivity contribution in [3.05, 3.63) is 21.7 Å². The number of hydrogen-bond acceptors (Lipinski definition) is 0. The van der Waals surface area contributed by atoms with Crippen molar-refractivity contribution in [1.82, 2.24) is 0 Å². The van der Waals surface area contributed by atoms with E-state index in [1.165, 1.54) is 0 Å². The van der Waals surface area contributed by atoms with Crippen LogP contribution in [0.4, 0.5) is 13.2 Å². The van der Waals surface area contributed by atoms with Crippen LogP contribution in [0.1, 0.15) is 6.92 Å². The summed E-state index contributed by atoms with van der Waals surface area (Å²) in [5, 5.41) is -1.59. The van der Waals surface area contributed by atoms with Gasteiger partial charge in [-0.15, -0.1) is 11.6 Å². The van der Waals surface area contributed by atoms with Gasteiger partial charge in [0.25, 0.3) is 0 Å². The third-order valence-electron chi connectivity index (χ3n) is 1.72. The first-order chi connectivity index (χ1) is 5.80. The molecule has 0 spiro atoms. The molecule has 0 aliphatic heterocycles. The molecular formula is C7H4Cl3F3. The lowest BCUT2D eigenvalue weighted by molar-refractivity contribution is 0.323. The molecule has 0 N–H and O–H groups in total. The first-order valence-electron chi connectivity index (χ1n) is 3.24. The summed E-state index contributed by atoms with van der Waals surface area (Å²) in [6.45, 7) is 1.12. The second-order valence-corrected chi connectivity index (χ2v) is 4.30. The normalized spacial score (nSPS) is 35.8. The minimum absolute atomic E-state index is 0.705. The molecule has 6 heteroatoms. The van der Waals surface area contributed by atoms with E-state index in [0.717, 1.165) is 6.92 Å². The van der Waals surface area contributed by atoms with E-state index in [1.54, 1.807) is 0 Å². The van der Waals surface area contributed by atoms with Gasteiger partial charge in [-0.25, -0.2) is 13.2 Å². The van der Waals surface area contributed by atoms with Gasteiger partial charge in [0.1, 0.15) is 4.87 Å². The molecule has 1 aliphatic carbocycles. The zero-order chi connectivity index (χ0) is 10.4. The Labute approximate surface area is 88.0 Å². The summed E-state index contributed by atoms with van der Waals surface area (Å²) in [4.78, 5) is -1.84. The lowest BCUT2D eigenvalue weighted by Gasteiger charge is -2.29. The summed E-state index contributed by atoms with van der Waals surface area (Å²) >= 11 is 16.0. The van der Waals surface area contributed by atoms with E-state index < -0.39 is 32.8 Å². The Morgan fingerprint density at radius 2 is 1.69 bits per heavy atom. The molecule has 0 aromatic heterocycles. The topological polar surface area (TPSA) is 0 Å². The maximum absolute atomic E-state index is 13.2. The third kappa shape index (κ3) is 1.58. The van der Waals surface area contributed by atoms with Gasteiger partial charge in [0.05, 0.1) is 10.1 Å². The lowest BCUT2D eigenvalue weighted by atomic mass is 9.98. The van der Waals surface area contributed by atoms with Crippen molar-refractivity contribution in [2.45, 2.75) is 18.0 Å². The Balaban J connectivity index is 3.32. The van der Waals surface area contributed by atoms with Crippen LogP contribution in [0, 0.1) is 0 Å². The molecule has 74 valence electrons. The number of halogens is 6. The maximum Gasteiger partial charge on any atom is 0.177 e. The Hall–Kier alpha value is 0.140. The SMILES string of the molecule is CC1(Cl)C(Cl)=C(F)C(F)=C(Cl)C1F. The van der Waals surface area contributed by atoms with Gasteiger partial charge in [0, 0.05) is 0 Å². The monoisotopic (exact) mass is 250 g/mol. The van der Waals surface area contributed by atoms with Crippen molar-refractivity contribution in [3.63, 3.8) is 0 Å². The molecule has 0 bridgehead atoms. The van der Waals surface area contributed by atoms with Gasteiger partial charge in [0.2, 0.25) is 0 Å². The average molecular weight is 251 g/mol. The third-order valence-corrected chi connectivity index (χ3v) is 3.12. The van der Waals surface area contributed by atoms with E-state index in [1.807, 2.05) is 0 Å². The highest BCUT2D eigenvalue weighted by molar-refractivity contribution is 6.42. The maximum atomic E-state index is 13.2. The summed E-state index contributed by atoms with van der Waals surface area (Å²) in [7, 11) is 0. The van der Waals surface area contributed by atoms with Crippen LogP contribution < -0.4 is 0 Å². The first-order valence-corrected chi connectivity index (χ1v) is 4.37. The number of alkyl halides is 2. The molecule has 0 fully saturated rings. The highest BCUT2D eigenvalue weighted by Gasteiger charge is 2.46. The Morgan fingerprint density at radius 3 is 2.15 bits per heavy atom. The standard InChI is InChI=1S/C7H4Cl3F3/c1-7(10)5(9)4(12)3(11)2(8)6(7)13/h6H,1H3. The molecule has 0 amide bonds. The van der Waals surface area contributed by atoms with Crippen LogP contribution in [0.5, 0.6) is 0 Å². The van der Waals surface area contributed by atoms with Crippen molar-refractivity contribution < 1.29 is 13.2 Å². The van der Waals surface area contributed by atoms with Gasteiger partial charge in [-0.1, -0.05) is 23.2 Å². The average Bonchev–Trinajstić information content (AvgIpc) is 2.09. The Kier molecular flexibility index (Phi) is 2.91. The molecule has 0 aromatic carbocycles. The van der Waals surface area contributed by atoms with Crippen LogP contribution in [-0.2, 0) is 0 Å². The first kappa shape index (κ1) is 11.2. The predicted molar refractivity (Wildman–Crippen MR) is 47.1 cm³/mol. The Bertz CT molecular complexity index is 306. The minimum Gasteiger partial charge on any atom is -0.239 e. The van der Waals surface area contributed by atoms with E-state index in [0.29, 0.717) is 0 Å². The molecule has 0 aromatic rings. The van der Waals surface area contributed by atoms with E-state index >= 15 is 0 Å². The van der Waals surface area contributed by atoms with Gasteiger partial charge < -0.3 is 0 Å². The van der Waals surface area contributed by atoms with Crippen LogP contribution in [-0.4, -0.2) is 11.0 Å². The molecule has 1 rings (SSSR count). The van der Waals surface area contributed by atoms with Gasteiger partial charge in [-0.05, 0) is 6.92 Å². The van der Waals surface area contributed by atoms with Gasteiger partial charge >= 0.3 is 0 Å². The molecule has 1 aliphatic rings. The second-order valence-electron chi connectivity index (χ2n) is 2.73. The fourth-order valence-electron chi connectivity index (χ4n) is 0.876. The molecule has 2 atom stereocenters. The predicted octanol–water partition coefficient (Wildman–Crippen LogP) is 4.18. The highest BCUT2D eigenvalue weighted by Crippen LogP contribution is 2.47. The van der Waals surface area contributed by atoms with E-state index in [4.69, 9.17) is 34.8 Å². The lowest BCUT2D eigenvalue weighted by Crippen LogP contribution is -2.34. The molecule has 0 saturated heterocycles. The van der Waals surface area contributed by atoms with Crippen molar-refractivity contribution in [2.75, 3.05) is 0 Å². The minimum atomic E-state index is -2.04. The highest BCUT2D eigenvalue weighted by atomic mass is 35.5. The fraction of sp³-hybridized carbons (Fsp3) is 0.429. The van der Waals surface area contributed by atoms with E-state index in [-0.39, 0.29) is 0 Å². The smallest absolute Gasteiger partial charge is 0.177 e. The number of rotatable bonds is 0. The zero-order valence-electron chi connectivity index (χ0n) is 6.35. The summed E-state index contributed by atoms with van der Waals surface area (Å²) in [5.74, 6) is -2.89. The van der Waals surface area contributed by atoms with Crippen LogP contribution in [0.3, 0.4) is 0 Å². The van der Waals surface area contributed by atoms with Gasteiger partial charge in [-0.2, -0.15) is 0 Å². The summed E-state index contributed by atoms with van der Waals surface area (Å²) in [6, 6.07) is 0. The van der Waals surface area contributed by atoms with Crippen molar-refractivity contribution in [3.8, 4) is 0 Å². The van der Waals surface area contributed by atoms with Crippen molar-refractivity contribution >= 4 is 34.8 Å². The van der Waals surface area contributed by atoms with Crippen LogP contribution in [0.2, 0.25) is 0 Å². The molecule has 0 nitrogen and oxygen atoms in total. The molecular weight excluding hydrogens is 247 g/mol. The summed E-state index contributed by atoms with van der Waals surface area (Å²) in [5.41, 5.74) is 0. The molecule has 0 radical (unpaired) electrons. The van der Waals surface area contributed by atoms with Crippen LogP contribution >= 0.6 is 34.8 Å². The number of hydrogen-bond donors (Lipinski definition) is 0. The van der Waals surface area contributed by atoms with Gasteiger partial charge in [0.15, 0.2) is 17.8 Å². The van der Waals surface area contributed by atoms with Crippen LogP contribution in [0.15, 0.2) is 21.7 Å². The summed E-state index contributed by atoms with van der Waals surface area (Å²) in [6.07, 6.45) is -2.04. The molecule has 0 heterocycles. The zero-order valence-corrected chi connectivity index (χ0v) is 8.61. The molecule has 2 unspecified atom stereocenters. The fourth-order valence-corrected chi connectivity index (χ4v) is 1.60. The Morgan fingerprint density at radius 1 is 1.23 bits per heavy atom. The quantitative estimate of drug-likeness (QED) is 0.567. The molecule has 13 heavy (non-hydrogen) atoms. The molecule has 0 saturated carbocycles. The van der Waals surface area contributed by atoms with E-state index in [2.05, 4.69) is 0 Å². The van der Waals surface area contributed by atoms with Crippen molar-refractivity contribution in [2.24, 2.45) is 0 Å².